The molecule has 0 aliphatic carbocycles. The molecule has 1 aliphatic heterocycles. The number of carbonyl (C=O) groups excluding carboxylic acids is 1. The van der Waals surface area contributed by atoms with E-state index < -0.39 is 5.97 Å². The molecule has 8 heteroatoms. The molecule has 8 nitrogen and oxygen atoms in total. The third-order valence-electron chi connectivity index (χ3n) is 3.81. The lowest BCUT2D eigenvalue weighted by atomic mass is 10.1. The Kier molecular flexibility index (Phi) is 5.86. The number of aliphatic carboxylic acids is 1. The number of nitrogens with one attached hydrogen (secondary N) is 1. The number of likely N-dealkylation sites (tertiary alicyclic amines) is 1. The molecule has 1 atom stereocenters. The third kappa shape index (κ3) is 4.88. The molecule has 1 saturated heterocycles. The van der Waals surface area contributed by atoms with Crippen LogP contribution in [0.3, 0.4) is 0 Å². The monoisotopic (exact) mass is 321 g/mol. The van der Waals surface area contributed by atoms with Gasteiger partial charge in [0.05, 0.1) is 5.92 Å². The van der Waals surface area contributed by atoms with E-state index in [4.69, 9.17) is 5.11 Å². The van der Waals surface area contributed by atoms with Gasteiger partial charge in [0.25, 0.3) is 0 Å². The third-order valence-corrected chi connectivity index (χ3v) is 3.81. The highest BCUT2D eigenvalue weighted by molar-refractivity contribution is 5.79. The first-order valence-electron chi connectivity index (χ1n) is 7.73. The quantitative estimate of drug-likeness (QED) is 0.727. The average Bonchev–Trinajstić information content (AvgIpc) is 2.96. The Bertz CT molecular complexity index is 549. The van der Waals surface area contributed by atoms with Gasteiger partial charge >= 0.3 is 5.97 Å². The summed E-state index contributed by atoms with van der Waals surface area (Å²) < 4.78 is 0. The molecule has 2 heterocycles. The molecule has 23 heavy (non-hydrogen) atoms. The second kappa shape index (κ2) is 7.87. The fourth-order valence-corrected chi connectivity index (χ4v) is 2.67. The maximum absolute atomic E-state index is 11.8. The van der Waals surface area contributed by atoms with Gasteiger partial charge in [-0.15, -0.1) is 0 Å². The molecule has 2 N–H and O–H groups in total. The summed E-state index contributed by atoms with van der Waals surface area (Å²) in [4.78, 5) is 34.6. The normalized spacial score (nSPS) is 17.9. The van der Waals surface area contributed by atoms with Gasteiger partial charge in [0.1, 0.15) is 6.54 Å². The van der Waals surface area contributed by atoms with Crippen molar-refractivity contribution in [1.82, 2.24) is 20.2 Å². The maximum atomic E-state index is 11.8. The Labute approximate surface area is 135 Å². The minimum absolute atomic E-state index is 0.0526. The summed E-state index contributed by atoms with van der Waals surface area (Å²) >= 11 is 0. The van der Waals surface area contributed by atoms with Crippen molar-refractivity contribution in [2.24, 2.45) is 5.92 Å². The molecule has 1 aromatic rings. The zero-order valence-corrected chi connectivity index (χ0v) is 13.5. The fraction of sp³-hybridized carbons (Fsp3) is 0.600. The van der Waals surface area contributed by atoms with Gasteiger partial charge in [-0.25, -0.2) is 9.97 Å². The number of hydrogen-bond acceptors (Lipinski definition) is 6. The van der Waals surface area contributed by atoms with Crippen LogP contribution in [0.4, 0.5) is 5.95 Å². The molecule has 126 valence electrons. The molecular formula is C15H23N5O3. The maximum Gasteiger partial charge on any atom is 0.323 e. The topological polar surface area (TPSA) is 98.7 Å². The van der Waals surface area contributed by atoms with Gasteiger partial charge in [0, 0.05) is 44.6 Å². The number of amides is 1. The zero-order chi connectivity index (χ0) is 16.8. The van der Waals surface area contributed by atoms with E-state index in [9.17, 15) is 9.59 Å². The minimum atomic E-state index is -0.923. The number of rotatable bonds is 7. The average molecular weight is 321 g/mol. The van der Waals surface area contributed by atoms with Crippen LogP contribution in [0.5, 0.6) is 0 Å². The summed E-state index contributed by atoms with van der Waals surface area (Å²) in [5, 5.41) is 11.6. The lowest BCUT2D eigenvalue weighted by Crippen LogP contribution is -2.32. The SMILES string of the molecule is CCNC(=O)C1CCN(Cc2cnc(N(C)CC(=O)O)nc2)C1. The second-order valence-corrected chi connectivity index (χ2v) is 5.76. The molecule has 2 rings (SSSR count). The number of hydrogen-bond donors (Lipinski definition) is 2. The molecule has 1 unspecified atom stereocenters. The van der Waals surface area contributed by atoms with Crippen LogP contribution in [0.15, 0.2) is 12.4 Å². The van der Waals surface area contributed by atoms with E-state index in [0.29, 0.717) is 19.0 Å². The van der Waals surface area contributed by atoms with Crippen LogP contribution in [0.2, 0.25) is 0 Å². The number of likely N-dealkylation sites (N-methyl/N-ethyl adjacent to an activating group) is 1. The van der Waals surface area contributed by atoms with Gasteiger partial charge in [-0.05, 0) is 19.9 Å². The van der Waals surface area contributed by atoms with Crippen LogP contribution in [-0.4, -0.2) is 65.1 Å². The molecule has 1 amide bonds. The Hall–Kier alpha value is -2.22. The van der Waals surface area contributed by atoms with Crippen molar-refractivity contribution < 1.29 is 14.7 Å². The molecule has 0 aromatic carbocycles. The van der Waals surface area contributed by atoms with Crippen LogP contribution < -0.4 is 10.2 Å². The van der Waals surface area contributed by atoms with Crippen molar-refractivity contribution in [2.45, 2.75) is 19.9 Å². The fourth-order valence-electron chi connectivity index (χ4n) is 2.67. The Balaban J connectivity index is 1.87. The lowest BCUT2D eigenvalue weighted by Gasteiger charge is -2.17. The summed E-state index contributed by atoms with van der Waals surface area (Å²) in [7, 11) is 1.64. The van der Waals surface area contributed by atoms with E-state index in [1.807, 2.05) is 6.92 Å². The highest BCUT2D eigenvalue weighted by Crippen LogP contribution is 2.18. The molecule has 1 fully saturated rings. The van der Waals surface area contributed by atoms with Crippen LogP contribution in [-0.2, 0) is 16.1 Å². The van der Waals surface area contributed by atoms with Gasteiger partial charge in [-0.2, -0.15) is 0 Å². The predicted octanol–water partition coefficient (Wildman–Crippen LogP) is -0.0446. The van der Waals surface area contributed by atoms with Gasteiger partial charge in [0.2, 0.25) is 11.9 Å². The molecule has 1 aliphatic rings. The summed E-state index contributed by atoms with van der Waals surface area (Å²) in [6.07, 6.45) is 4.28. The largest absolute Gasteiger partial charge is 0.480 e. The van der Waals surface area contributed by atoms with Gasteiger partial charge < -0.3 is 15.3 Å². The highest BCUT2D eigenvalue weighted by Gasteiger charge is 2.27. The van der Waals surface area contributed by atoms with Gasteiger partial charge in [-0.1, -0.05) is 0 Å². The standard InChI is InChI=1S/C15H23N5O3/c1-3-16-14(23)12-4-5-20(9-12)8-11-6-17-15(18-7-11)19(2)10-13(21)22/h6-7,12H,3-5,8-10H2,1-2H3,(H,16,23)(H,21,22). The number of carbonyl (C=O) groups is 2. The van der Waals surface area contributed by atoms with Crippen molar-refractivity contribution >= 4 is 17.8 Å². The Morgan fingerprint density at radius 2 is 2.13 bits per heavy atom. The van der Waals surface area contributed by atoms with Crippen LogP contribution in [0, 0.1) is 5.92 Å². The van der Waals surface area contributed by atoms with E-state index in [2.05, 4.69) is 20.2 Å². The summed E-state index contributed by atoms with van der Waals surface area (Å²) in [6, 6.07) is 0. The van der Waals surface area contributed by atoms with E-state index in [1.165, 1.54) is 4.90 Å². The van der Waals surface area contributed by atoms with Crippen molar-refractivity contribution in [1.29, 1.82) is 0 Å². The number of carboxylic acids is 1. The summed E-state index contributed by atoms with van der Waals surface area (Å²) in [5.41, 5.74) is 0.953. The molecule has 1 aromatic heterocycles. The molecule has 0 saturated carbocycles. The van der Waals surface area contributed by atoms with E-state index >= 15 is 0 Å². The lowest BCUT2D eigenvalue weighted by molar-refractivity contribution is -0.135. The Morgan fingerprint density at radius 3 is 2.74 bits per heavy atom. The van der Waals surface area contributed by atoms with Crippen LogP contribution in [0.1, 0.15) is 18.9 Å². The van der Waals surface area contributed by atoms with Gasteiger partial charge in [-0.3, -0.25) is 14.5 Å². The van der Waals surface area contributed by atoms with E-state index in [-0.39, 0.29) is 18.4 Å². The second-order valence-electron chi connectivity index (χ2n) is 5.76. The first-order chi connectivity index (χ1) is 11.0. The van der Waals surface area contributed by atoms with Gasteiger partial charge in [0.15, 0.2) is 0 Å². The molecule has 0 radical (unpaired) electrons. The molecule has 0 bridgehead atoms. The zero-order valence-electron chi connectivity index (χ0n) is 13.5. The Morgan fingerprint density at radius 1 is 1.43 bits per heavy atom. The van der Waals surface area contributed by atoms with E-state index in [1.54, 1.807) is 19.4 Å². The molecule has 0 spiro atoms. The smallest absolute Gasteiger partial charge is 0.323 e. The van der Waals surface area contributed by atoms with Crippen LogP contribution >= 0.6 is 0 Å². The highest BCUT2D eigenvalue weighted by atomic mass is 16.4. The van der Waals surface area contributed by atoms with Crippen LogP contribution in [0.25, 0.3) is 0 Å². The van der Waals surface area contributed by atoms with Crippen molar-refractivity contribution in [3.05, 3.63) is 18.0 Å². The number of anilines is 1. The van der Waals surface area contributed by atoms with E-state index in [0.717, 1.165) is 25.1 Å². The first kappa shape index (κ1) is 17.1. The van der Waals surface area contributed by atoms with Crippen molar-refractivity contribution in [2.75, 3.05) is 38.1 Å². The number of nitrogens with zero attached hydrogens (tertiary/aromatic N) is 4. The number of carboxylic acid groups (broad SMARTS) is 1. The number of aromatic nitrogens is 2. The summed E-state index contributed by atoms with van der Waals surface area (Å²) in [5.74, 6) is -0.361. The first-order valence-corrected chi connectivity index (χ1v) is 7.73. The molecular weight excluding hydrogens is 298 g/mol. The predicted molar refractivity (Wildman–Crippen MR) is 85.0 cm³/mol. The van der Waals surface area contributed by atoms with Crippen molar-refractivity contribution in [3.8, 4) is 0 Å². The summed E-state index contributed by atoms with van der Waals surface area (Å²) in [6.45, 7) is 4.76. The van der Waals surface area contributed by atoms with Crippen molar-refractivity contribution in [3.63, 3.8) is 0 Å². The minimum Gasteiger partial charge on any atom is -0.480 e.